The molecule has 1 saturated carbocycles. The minimum absolute atomic E-state index is 0.594. The maximum Gasteiger partial charge on any atom is 0.134 e. The quantitative estimate of drug-likeness (QED) is 0.558. The van der Waals surface area contributed by atoms with Gasteiger partial charge >= 0.3 is 0 Å². The summed E-state index contributed by atoms with van der Waals surface area (Å²) in [5.41, 5.74) is 6.85. The zero-order chi connectivity index (χ0) is 18.6. The zero-order valence-electron chi connectivity index (χ0n) is 15.9. The van der Waals surface area contributed by atoms with Crippen molar-refractivity contribution in [1.82, 2.24) is 14.9 Å². The molecule has 0 aliphatic heterocycles. The van der Waals surface area contributed by atoms with E-state index in [0.717, 1.165) is 21.8 Å². The lowest BCUT2D eigenvalue weighted by atomic mass is 9.99. The van der Waals surface area contributed by atoms with Gasteiger partial charge < -0.3 is 0 Å². The first-order valence-corrected chi connectivity index (χ1v) is 10.4. The number of aromatic nitrogens is 2. The van der Waals surface area contributed by atoms with E-state index in [1.807, 2.05) is 0 Å². The van der Waals surface area contributed by atoms with Crippen LogP contribution in [0.15, 0.2) is 59.6 Å². The highest BCUT2D eigenvalue weighted by Gasteiger charge is 2.16. The Morgan fingerprint density at radius 1 is 0.815 bits per heavy atom. The number of nitrogens with one attached hydrogen (secondary N) is 1. The third-order valence-electron chi connectivity index (χ3n) is 5.14. The average molecular weight is 376 g/mol. The smallest absolute Gasteiger partial charge is 0.134 e. The molecule has 2 aromatic carbocycles. The van der Waals surface area contributed by atoms with Crippen LogP contribution in [0.3, 0.4) is 0 Å². The number of aryl methyl sites for hydroxylation is 2. The van der Waals surface area contributed by atoms with Gasteiger partial charge in [-0.05, 0) is 50.3 Å². The third kappa shape index (κ3) is 4.40. The summed E-state index contributed by atoms with van der Waals surface area (Å²) in [6, 6.07) is 19.9. The van der Waals surface area contributed by atoms with E-state index in [4.69, 9.17) is 0 Å². The van der Waals surface area contributed by atoms with Gasteiger partial charge in [-0.15, -0.1) is 10.2 Å². The van der Waals surface area contributed by atoms with Gasteiger partial charge in [0.05, 0.1) is 0 Å². The molecular weight excluding hydrogens is 350 g/mol. The Morgan fingerprint density at radius 3 is 2.04 bits per heavy atom. The second-order valence-electron chi connectivity index (χ2n) is 7.38. The van der Waals surface area contributed by atoms with Crippen molar-refractivity contribution in [3.05, 3.63) is 65.7 Å². The molecule has 0 saturated heterocycles. The van der Waals surface area contributed by atoms with Crippen LogP contribution in [0.2, 0.25) is 0 Å². The van der Waals surface area contributed by atoms with Crippen LogP contribution in [0, 0.1) is 13.8 Å². The fourth-order valence-corrected chi connectivity index (χ4v) is 4.27. The average Bonchev–Trinajstić information content (AvgIpc) is 3.21. The summed E-state index contributed by atoms with van der Waals surface area (Å²) in [6.07, 6.45) is 5.16. The molecule has 1 fully saturated rings. The number of hydrogen-bond acceptors (Lipinski definition) is 4. The van der Waals surface area contributed by atoms with Crippen molar-refractivity contribution in [2.45, 2.75) is 50.6 Å². The first-order chi connectivity index (χ1) is 13.2. The van der Waals surface area contributed by atoms with Gasteiger partial charge in [-0.25, -0.2) is 0 Å². The van der Waals surface area contributed by atoms with Crippen LogP contribution < -0.4 is 4.72 Å². The fraction of sp³-hybridized carbons (Fsp3) is 0.304. The SMILES string of the molecule is Cc1ccc(-c2cc(SNC3CCCC3)nnc2-c2ccc(C)cc2)cc1. The van der Waals surface area contributed by atoms with E-state index in [1.54, 1.807) is 11.9 Å². The molecule has 1 heterocycles. The summed E-state index contributed by atoms with van der Waals surface area (Å²) in [5.74, 6) is 0. The second kappa shape index (κ2) is 8.24. The Balaban J connectivity index is 1.69. The highest BCUT2D eigenvalue weighted by molar-refractivity contribution is 7.97. The molecule has 1 N–H and O–H groups in total. The number of nitrogens with zero attached hydrogens (tertiary/aromatic N) is 2. The Bertz CT molecular complexity index is 898. The monoisotopic (exact) mass is 375 g/mol. The number of rotatable bonds is 5. The zero-order valence-corrected chi connectivity index (χ0v) is 16.7. The predicted molar refractivity (Wildman–Crippen MR) is 114 cm³/mol. The summed E-state index contributed by atoms with van der Waals surface area (Å²) in [5, 5.41) is 10.0. The van der Waals surface area contributed by atoms with E-state index in [2.05, 4.69) is 83.4 Å². The van der Waals surface area contributed by atoms with E-state index in [0.29, 0.717) is 6.04 Å². The van der Waals surface area contributed by atoms with Crippen molar-refractivity contribution in [3.8, 4) is 22.4 Å². The standard InChI is InChI=1S/C23H25N3S/c1-16-7-11-18(12-8-16)21-15-22(27-26-20-5-3-4-6-20)24-25-23(21)19-13-9-17(2)10-14-19/h7-15,20,26H,3-6H2,1-2H3. The second-order valence-corrected chi connectivity index (χ2v) is 8.24. The molecule has 0 bridgehead atoms. The van der Waals surface area contributed by atoms with Crippen molar-refractivity contribution in [2.24, 2.45) is 0 Å². The molecule has 4 heteroatoms. The summed E-state index contributed by atoms with van der Waals surface area (Å²) in [7, 11) is 0. The summed E-state index contributed by atoms with van der Waals surface area (Å²) in [4.78, 5) is 0. The highest BCUT2D eigenvalue weighted by Crippen LogP contribution is 2.33. The first kappa shape index (κ1) is 18.2. The number of hydrogen-bond donors (Lipinski definition) is 1. The minimum Gasteiger partial charge on any atom is -0.255 e. The van der Waals surface area contributed by atoms with Crippen LogP contribution in [0.1, 0.15) is 36.8 Å². The Labute approximate surface area is 165 Å². The normalized spacial score (nSPS) is 14.6. The fourth-order valence-electron chi connectivity index (χ4n) is 3.49. The van der Waals surface area contributed by atoms with Crippen LogP contribution >= 0.6 is 11.9 Å². The molecule has 4 rings (SSSR count). The molecule has 0 amide bonds. The van der Waals surface area contributed by atoms with Gasteiger partial charge in [0, 0.05) is 17.2 Å². The molecule has 3 aromatic rings. The van der Waals surface area contributed by atoms with E-state index in [9.17, 15) is 0 Å². The lowest BCUT2D eigenvalue weighted by Gasteiger charge is -2.13. The van der Waals surface area contributed by atoms with Gasteiger partial charge in [0.2, 0.25) is 0 Å². The van der Waals surface area contributed by atoms with Crippen molar-refractivity contribution in [2.75, 3.05) is 0 Å². The molecule has 1 aliphatic carbocycles. The molecule has 0 atom stereocenters. The van der Waals surface area contributed by atoms with Gasteiger partial charge in [0.15, 0.2) is 0 Å². The topological polar surface area (TPSA) is 37.8 Å². The van der Waals surface area contributed by atoms with Crippen LogP contribution in [0.5, 0.6) is 0 Å². The van der Waals surface area contributed by atoms with Crippen molar-refractivity contribution in [3.63, 3.8) is 0 Å². The third-order valence-corrected chi connectivity index (χ3v) is 6.00. The van der Waals surface area contributed by atoms with Crippen molar-refractivity contribution in [1.29, 1.82) is 0 Å². The van der Waals surface area contributed by atoms with Crippen LogP contribution in [-0.4, -0.2) is 16.2 Å². The molecule has 3 nitrogen and oxygen atoms in total. The van der Waals surface area contributed by atoms with Gasteiger partial charge in [0.1, 0.15) is 10.7 Å². The van der Waals surface area contributed by atoms with Gasteiger partial charge in [0.25, 0.3) is 0 Å². The van der Waals surface area contributed by atoms with Gasteiger partial charge in [-0.2, -0.15) is 0 Å². The van der Waals surface area contributed by atoms with E-state index < -0.39 is 0 Å². The molecular formula is C23H25N3S. The molecule has 1 aliphatic rings. The molecule has 138 valence electrons. The van der Waals surface area contributed by atoms with E-state index in [-0.39, 0.29) is 0 Å². The van der Waals surface area contributed by atoms with Crippen molar-refractivity contribution >= 4 is 11.9 Å². The van der Waals surface area contributed by atoms with Crippen LogP contribution in [0.4, 0.5) is 0 Å². The van der Waals surface area contributed by atoms with E-state index in [1.165, 1.54) is 42.4 Å². The lowest BCUT2D eigenvalue weighted by molar-refractivity contribution is 0.656. The largest absolute Gasteiger partial charge is 0.255 e. The first-order valence-electron chi connectivity index (χ1n) is 9.63. The molecule has 0 radical (unpaired) electrons. The molecule has 0 spiro atoms. The minimum atomic E-state index is 0.594. The van der Waals surface area contributed by atoms with Crippen LogP contribution in [-0.2, 0) is 0 Å². The molecule has 27 heavy (non-hydrogen) atoms. The summed E-state index contributed by atoms with van der Waals surface area (Å²) < 4.78 is 3.57. The maximum absolute atomic E-state index is 4.61. The van der Waals surface area contributed by atoms with E-state index >= 15 is 0 Å². The Morgan fingerprint density at radius 2 is 1.41 bits per heavy atom. The van der Waals surface area contributed by atoms with Crippen molar-refractivity contribution < 1.29 is 0 Å². The summed E-state index contributed by atoms with van der Waals surface area (Å²) >= 11 is 1.61. The maximum atomic E-state index is 4.61. The van der Waals surface area contributed by atoms with Gasteiger partial charge in [-0.1, -0.05) is 72.5 Å². The Hall–Kier alpha value is -2.17. The van der Waals surface area contributed by atoms with Crippen LogP contribution in [0.25, 0.3) is 22.4 Å². The summed E-state index contributed by atoms with van der Waals surface area (Å²) in [6.45, 7) is 4.22. The lowest BCUT2D eigenvalue weighted by Crippen LogP contribution is -2.18. The molecule has 1 aromatic heterocycles. The molecule has 0 unspecified atom stereocenters. The predicted octanol–water partition coefficient (Wildman–Crippen LogP) is 5.97. The highest BCUT2D eigenvalue weighted by atomic mass is 32.2. The van der Waals surface area contributed by atoms with Gasteiger partial charge in [-0.3, -0.25) is 4.72 Å². The Kier molecular flexibility index (Phi) is 5.55. The number of benzene rings is 2.